The molecule has 0 fully saturated rings. The van der Waals surface area contributed by atoms with E-state index >= 15 is 0 Å². The van der Waals surface area contributed by atoms with Gasteiger partial charge >= 0.3 is 0 Å². The molecule has 0 saturated heterocycles. The predicted octanol–water partition coefficient (Wildman–Crippen LogP) is 2.86. The maximum absolute atomic E-state index is 12.1. The second-order valence-corrected chi connectivity index (χ2v) is 6.84. The van der Waals surface area contributed by atoms with Gasteiger partial charge in [-0.15, -0.1) is 0 Å². The highest BCUT2D eigenvalue weighted by Gasteiger charge is 2.08. The van der Waals surface area contributed by atoms with Gasteiger partial charge in [-0.25, -0.2) is 0 Å². The van der Waals surface area contributed by atoms with E-state index in [4.69, 9.17) is 17.0 Å². The lowest BCUT2D eigenvalue weighted by Crippen LogP contribution is -2.49. The molecule has 0 aliphatic rings. The predicted molar refractivity (Wildman–Crippen MR) is 124 cm³/mol. The number of nitro benzene ring substituents is 1. The number of hydrazine groups is 1. The monoisotopic (exact) mass is 450 g/mol. The van der Waals surface area contributed by atoms with Gasteiger partial charge in [-0.1, -0.05) is 42.5 Å². The molecule has 0 heterocycles. The van der Waals surface area contributed by atoms with Crippen molar-refractivity contribution in [2.75, 3.05) is 6.61 Å². The molecule has 162 valence electrons. The molecule has 0 atom stereocenters. The number of benzene rings is 3. The second kappa shape index (κ2) is 10.6. The highest BCUT2D eigenvalue weighted by molar-refractivity contribution is 7.80. The standard InChI is InChI=1S/C22H18N4O5S/c27-20(13-8-16-6-3-5-15-4-1-2-7-19(15)16)23-22(32)25-24-21(28)14-31-18-11-9-17(10-12-18)26(29)30/h1-13H,14H2,(H,24,28)(H2,23,25,27,32). The van der Waals surface area contributed by atoms with Crippen molar-refractivity contribution in [2.45, 2.75) is 0 Å². The average Bonchev–Trinajstić information content (AvgIpc) is 2.80. The molecule has 0 spiro atoms. The van der Waals surface area contributed by atoms with Gasteiger partial charge in [-0.2, -0.15) is 0 Å². The number of non-ortho nitro benzene ring substituents is 1. The van der Waals surface area contributed by atoms with Gasteiger partial charge in [-0.05, 0) is 46.8 Å². The summed E-state index contributed by atoms with van der Waals surface area (Å²) in [5.41, 5.74) is 5.48. The van der Waals surface area contributed by atoms with Crippen LogP contribution in [-0.2, 0) is 9.59 Å². The van der Waals surface area contributed by atoms with Crippen molar-refractivity contribution in [1.82, 2.24) is 16.2 Å². The molecule has 0 radical (unpaired) electrons. The summed E-state index contributed by atoms with van der Waals surface area (Å²) in [5.74, 6) is -0.738. The van der Waals surface area contributed by atoms with E-state index in [1.165, 1.54) is 30.3 Å². The Hall–Kier alpha value is -4.31. The topological polar surface area (TPSA) is 123 Å². The van der Waals surface area contributed by atoms with Crippen LogP contribution in [0.15, 0.2) is 72.8 Å². The third-order valence-electron chi connectivity index (χ3n) is 4.21. The normalized spacial score (nSPS) is 10.5. The number of nitrogens with one attached hydrogen (secondary N) is 3. The lowest BCUT2D eigenvalue weighted by Gasteiger charge is -2.10. The highest BCUT2D eigenvalue weighted by Crippen LogP contribution is 2.19. The first kappa shape index (κ1) is 22.4. The zero-order valence-corrected chi connectivity index (χ0v) is 17.4. The molecule has 3 aromatic rings. The number of hydrogen-bond acceptors (Lipinski definition) is 6. The molecule has 0 aliphatic carbocycles. The maximum Gasteiger partial charge on any atom is 0.276 e. The van der Waals surface area contributed by atoms with Crippen LogP contribution in [0.5, 0.6) is 5.75 Å². The van der Waals surface area contributed by atoms with Crippen LogP contribution in [-0.4, -0.2) is 28.5 Å². The number of ether oxygens (including phenoxy) is 1. The van der Waals surface area contributed by atoms with E-state index in [9.17, 15) is 19.7 Å². The summed E-state index contributed by atoms with van der Waals surface area (Å²) < 4.78 is 5.22. The van der Waals surface area contributed by atoms with E-state index in [0.717, 1.165) is 16.3 Å². The van der Waals surface area contributed by atoms with E-state index in [0.29, 0.717) is 5.75 Å². The van der Waals surface area contributed by atoms with E-state index in [-0.39, 0.29) is 17.4 Å². The molecular weight excluding hydrogens is 432 g/mol. The Kier molecular flexibility index (Phi) is 7.44. The molecule has 3 aromatic carbocycles. The average molecular weight is 450 g/mol. The van der Waals surface area contributed by atoms with Crippen molar-refractivity contribution in [1.29, 1.82) is 0 Å². The first-order valence-corrected chi connectivity index (χ1v) is 9.76. The lowest BCUT2D eigenvalue weighted by atomic mass is 10.0. The number of carbonyl (C=O) groups excluding carboxylic acids is 2. The van der Waals surface area contributed by atoms with Gasteiger partial charge < -0.3 is 4.74 Å². The Morgan fingerprint density at radius 3 is 2.47 bits per heavy atom. The summed E-state index contributed by atoms with van der Waals surface area (Å²) in [4.78, 5) is 34.0. The number of nitro groups is 1. The fraction of sp³-hybridized carbons (Fsp3) is 0.0455. The summed E-state index contributed by atoms with van der Waals surface area (Å²) >= 11 is 4.98. The highest BCUT2D eigenvalue weighted by atomic mass is 32.1. The molecule has 3 rings (SSSR count). The number of amides is 2. The Labute approximate surface area is 188 Å². The van der Waals surface area contributed by atoms with Crippen molar-refractivity contribution in [3.8, 4) is 5.75 Å². The number of rotatable bonds is 6. The van der Waals surface area contributed by atoms with Crippen molar-refractivity contribution in [3.05, 3.63) is 88.5 Å². The Morgan fingerprint density at radius 1 is 1.00 bits per heavy atom. The molecule has 32 heavy (non-hydrogen) atoms. The van der Waals surface area contributed by atoms with Crippen LogP contribution in [0.4, 0.5) is 5.69 Å². The largest absolute Gasteiger partial charge is 0.484 e. The van der Waals surface area contributed by atoms with Crippen LogP contribution < -0.4 is 20.9 Å². The van der Waals surface area contributed by atoms with Gasteiger partial charge in [-0.3, -0.25) is 35.9 Å². The molecule has 0 aromatic heterocycles. The zero-order chi connectivity index (χ0) is 22.9. The molecule has 0 saturated carbocycles. The van der Waals surface area contributed by atoms with Crippen LogP contribution in [0.2, 0.25) is 0 Å². The van der Waals surface area contributed by atoms with Crippen molar-refractivity contribution >= 4 is 51.7 Å². The Morgan fingerprint density at radius 2 is 1.72 bits per heavy atom. The molecule has 0 aliphatic heterocycles. The number of thiocarbonyl (C=S) groups is 1. The van der Waals surface area contributed by atoms with E-state index in [2.05, 4.69) is 16.2 Å². The zero-order valence-electron chi connectivity index (χ0n) is 16.6. The molecular formula is C22H18N4O5S. The maximum atomic E-state index is 12.1. The molecule has 2 amide bonds. The Balaban J connectivity index is 1.42. The number of nitrogens with zero attached hydrogens (tertiary/aromatic N) is 1. The second-order valence-electron chi connectivity index (χ2n) is 6.43. The molecule has 3 N–H and O–H groups in total. The van der Waals surface area contributed by atoms with Crippen LogP contribution in [0.3, 0.4) is 0 Å². The minimum atomic E-state index is -0.564. The summed E-state index contributed by atoms with van der Waals surface area (Å²) in [6.07, 6.45) is 3.02. The quantitative estimate of drug-likeness (QED) is 0.228. The molecule has 9 nitrogen and oxygen atoms in total. The van der Waals surface area contributed by atoms with Crippen molar-refractivity contribution in [2.24, 2.45) is 0 Å². The van der Waals surface area contributed by atoms with Crippen molar-refractivity contribution < 1.29 is 19.2 Å². The number of carbonyl (C=O) groups is 2. The fourth-order valence-electron chi connectivity index (χ4n) is 2.72. The van der Waals surface area contributed by atoms with Gasteiger partial charge in [0.1, 0.15) is 5.75 Å². The smallest absolute Gasteiger partial charge is 0.276 e. The summed E-state index contributed by atoms with van der Waals surface area (Å²) in [6.45, 7) is -0.359. The van der Waals surface area contributed by atoms with E-state index in [1.807, 2.05) is 42.5 Å². The van der Waals surface area contributed by atoms with Gasteiger partial charge in [0, 0.05) is 18.2 Å². The van der Waals surface area contributed by atoms with Crippen LogP contribution >= 0.6 is 12.2 Å². The SMILES string of the molecule is O=C(C=Cc1cccc2ccccc12)NC(=S)NNC(=O)COc1ccc([N+](=O)[O-])cc1. The summed E-state index contributed by atoms with van der Waals surface area (Å²) in [7, 11) is 0. The summed E-state index contributed by atoms with van der Waals surface area (Å²) in [6, 6.07) is 18.9. The van der Waals surface area contributed by atoms with Gasteiger partial charge in [0.2, 0.25) is 5.91 Å². The van der Waals surface area contributed by atoms with E-state index in [1.54, 1.807) is 6.08 Å². The summed E-state index contributed by atoms with van der Waals surface area (Å²) in [5, 5.41) is 15.0. The van der Waals surface area contributed by atoms with Crippen LogP contribution in [0.25, 0.3) is 16.8 Å². The first-order chi connectivity index (χ1) is 15.4. The van der Waals surface area contributed by atoms with Crippen LogP contribution in [0, 0.1) is 10.1 Å². The van der Waals surface area contributed by atoms with E-state index < -0.39 is 16.7 Å². The van der Waals surface area contributed by atoms with Gasteiger partial charge in [0.25, 0.3) is 11.6 Å². The molecule has 0 bridgehead atoms. The minimum absolute atomic E-state index is 0.0842. The van der Waals surface area contributed by atoms with Crippen molar-refractivity contribution in [3.63, 3.8) is 0 Å². The molecule has 0 unspecified atom stereocenters. The first-order valence-electron chi connectivity index (χ1n) is 9.35. The third kappa shape index (κ3) is 6.34. The third-order valence-corrected chi connectivity index (χ3v) is 4.41. The fourth-order valence-corrected chi connectivity index (χ4v) is 2.87. The van der Waals surface area contributed by atoms with Gasteiger partial charge in [0.05, 0.1) is 4.92 Å². The minimum Gasteiger partial charge on any atom is -0.484 e. The molecule has 10 heteroatoms. The number of fused-ring (bicyclic) bond motifs is 1. The Bertz CT molecular complexity index is 1190. The van der Waals surface area contributed by atoms with Gasteiger partial charge in [0.15, 0.2) is 11.7 Å². The van der Waals surface area contributed by atoms with Crippen LogP contribution in [0.1, 0.15) is 5.56 Å². The lowest BCUT2D eigenvalue weighted by molar-refractivity contribution is -0.384. The number of hydrogen-bond donors (Lipinski definition) is 3.